The summed E-state index contributed by atoms with van der Waals surface area (Å²) in [6, 6.07) is 0. The van der Waals surface area contributed by atoms with Crippen molar-refractivity contribution in [2.24, 2.45) is 5.92 Å². The minimum atomic E-state index is -1.19. The van der Waals surface area contributed by atoms with Crippen LogP contribution in [0.2, 0.25) is 0 Å². The molecule has 8 heteroatoms. The van der Waals surface area contributed by atoms with E-state index in [4.69, 9.17) is 4.74 Å². The topological polar surface area (TPSA) is 66.4 Å². The third kappa shape index (κ3) is 18.1. The van der Waals surface area contributed by atoms with E-state index in [0.29, 0.717) is 17.4 Å². The van der Waals surface area contributed by atoms with Gasteiger partial charge >= 0.3 is 25.4 Å². The first-order valence-electron chi connectivity index (χ1n) is 5.80. The Labute approximate surface area is 146 Å². The number of likely N-dealkylation sites (N-methyl/N-ethyl adjacent to an activating group) is 1. The molecular formula is C12H23Cl2NO4Zn. The number of carbonyl (C=O) groups excluding carboxylic acids is 2. The maximum absolute atomic E-state index is 11.5. The summed E-state index contributed by atoms with van der Waals surface area (Å²) in [6.07, 6.45) is -0.564. The average molecular weight is 382 g/mol. The van der Waals surface area contributed by atoms with Crippen molar-refractivity contribution in [3.8, 4) is 0 Å². The molecule has 0 amide bonds. The summed E-state index contributed by atoms with van der Waals surface area (Å²) in [5, 5.41) is 10.6. The molecule has 0 saturated carbocycles. The normalized spacial score (nSPS) is 11.5. The number of carbonyl (C=O) groups is 2. The van der Waals surface area contributed by atoms with Crippen LogP contribution in [0.15, 0.2) is 0 Å². The van der Waals surface area contributed by atoms with Crippen molar-refractivity contribution in [1.82, 2.24) is 0 Å². The third-order valence-corrected chi connectivity index (χ3v) is 2.02. The molecule has 0 bridgehead atoms. The molecule has 0 aromatic heterocycles. The van der Waals surface area contributed by atoms with E-state index in [-0.39, 0.29) is 62.6 Å². The molecule has 0 aromatic carbocycles. The van der Waals surface area contributed by atoms with Crippen LogP contribution >= 0.6 is 0 Å². The molecule has 0 saturated heterocycles. The van der Waals surface area contributed by atoms with Gasteiger partial charge < -0.3 is 43.9 Å². The molecule has 0 aliphatic heterocycles. The molecule has 0 N–H and O–H groups in total. The van der Waals surface area contributed by atoms with Gasteiger partial charge in [0.25, 0.3) is 0 Å². The van der Waals surface area contributed by atoms with Gasteiger partial charge in [0.05, 0.1) is 21.1 Å². The number of carboxylic acids is 1. The predicted molar refractivity (Wildman–Crippen MR) is 61.9 cm³/mol. The van der Waals surface area contributed by atoms with Crippen LogP contribution in [0, 0.1) is 5.92 Å². The maximum atomic E-state index is 11.5. The quantitative estimate of drug-likeness (QED) is 0.250. The summed E-state index contributed by atoms with van der Waals surface area (Å²) in [7, 11) is 5.75. The Kier molecular flexibility index (Phi) is 18.1. The van der Waals surface area contributed by atoms with Crippen molar-refractivity contribution in [1.29, 1.82) is 0 Å². The predicted octanol–water partition coefficient (Wildman–Crippen LogP) is -6.20. The number of aliphatic carboxylic acids is 1. The molecule has 5 nitrogen and oxygen atoms in total. The first kappa shape index (κ1) is 28.3. The van der Waals surface area contributed by atoms with E-state index in [0.717, 1.165) is 0 Å². The zero-order valence-electron chi connectivity index (χ0n) is 12.8. The van der Waals surface area contributed by atoms with Crippen molar-refractivity contribution in [2.45, 2.75) is 32.8 Å². The van der Waals surface area contributed by atoms with E-state index >= 15 is 0 Å². The Balaban J connectivity index is -0.000000427. The van der Waals surface area contributed by atoms with Crippen molar-refractivity contribution >= 4 is 11.9 Å². The van der Waals surface area contributed by atoms with Crippen LogP contribution in [-0.4, -0.2) is 50.2 Å². The molecule has 0 fully saturated rings. The van der Waals surface area contributed by atoms with Gasteiger partial charge in [-0.25, -0.2) is 0 Å². The van der Waals surface area contributed by atoms with E-state index in [1.165, 1.54) is 0 Å². The summed E-state index contributed by atoms with van der Waals surface area (Å²) in [4.78, 5) is 22.1. The van der Waals surface area contributed by atoms with Crippen molar-refractivity contribution in [3.05, 3.63) is 0 Å². The van der Waals surface area contributed by atoms with Crippen LogP contribution in [0.5, 0.6) is 0 Å². The van der Waals surface area contributed by atoms with Crippen LogP contribution in [0.25, 0.3) is 0 Å². The molecule has 0 aliphatic rings. The van der Waals surface area contributed by atoms with E-state index in [1.807, 2.05) is 35.0 Å². The van der Waals surface area contributed by atoms with Gasteiger partial charge in [-0.05, 0) is 5.92 Å². The molecule has 0 spiro atoms. The van der Waals surface area contributed by atoms with E-state index < -0.39 is 12.1 Å². The second-order valence-corrected chi connectivity index (χ2v) is 5.76. The molecule has 0 heterocycles. The zero-order valence-corrected chi connectivity index (χ0v) is 17.3. The zero-order chi connectivity index (χ0) is 13.6. The fourth-order valence-electron chi connectivity index (χ4n) is 1.51. The summed E-state index contributed by atoms with van der Waals surface area (Å²) < 4.78 is 5.71. The van der Waals surface area contributed by atoms with Gasteiger partial charge in [0.15, 0.2) is 6.10 Å². The van der Waals surface area contributed by atoms with E-state index in [2.05, 4.69) is 0 Å². The van der Waals surface area contributed by atoms with Gasteiger partial charge in [0.2, 0.25) is 0 Å². The fourth-order valence-corrected chi connectivity index (χ4v) is 1.51. The Hall–Kier alpha value is 0.103. The smallest absolute Gasteiger partial charge is 1.00 e. The van der Waals surface area contributed by atoms with Crippen LogP contribution in [0.4, 0.5) is 0 Å². The van der Waals surface area contributed by atoms with Crippen LogP contribution in [0.1, 0.15) is 26.7 Å². The molecule has 116 valence electrons. The van der Waals surface area contributed by atoms with Crippen molar-refractivity contribution in [2.75, 3.05) is 27.7 Å². The van der Waals surface area contributed by atoms with Crippen LogP contribution in [0.3, 0.4) is 0 Å². The van der Waals surface area contributed by atoms with Gasteiger partial charge in [-0.3, -0.25) is 4.79 Å². The van der Waals surface area contributed by atoms with Crippen molar-refractivity contribution < 1.29 is 68.2 Å². The van der Waals surface area contributed by atoms with E-state index in [1.54, 1.807) is 0 Å². The summed E-state index contributed by atoms with van der Waals surface area (Å²) in [5.74, 6) is -1.34. The second kappa shape index (κ2) is 12.8. The molecule has 0 radical (unpaired) electrons. The molecule has 20 heavy (non-hydrogen) atoms. The minimum absolute atomic E-state index is 0. The maximum Gasteiger partial charge on any atom is 2.00 e. The summed E-state index contributed by atoms with van der Waals surface area (Å²) in [5.41, 5.74) is 0. The number of ether oxygens (including phenoxy) is 1. The number of hydrogen-bond acceptors (Lipinski definition) is 4. The average Bonchev–Trinajstić information content (AvgIpc) is 1.95. The summed E-state index contributed by atoms with van der Waals surface area (Å²) in [6.45, 7) is 4.28. The SMILES string of the molecule is CC(C)CC(=O)OC(CC(=O)[O-])C[N+](C)(C)C.[Cl-].[Cl-].[Zn+2]. The number of carboxylic acid groups (broad SMARTS) is 1. The summed E-state index contributed by atoms with van der Waals surface area (Å²) >= 11 is 0. The molecule has 1 atom stereocenters. The Morgan fingerprint density at radius 1 is 1.10 bits per heavy atom. The van der Waals surface area contributed by atoms with Gasteiger partial charge in [-0.1, -0.05) is 13.8 Å². The number of esters is 1. The third-order valence-electron chi connectivity index (χ3n) is 2.02. The van der Waals surface area contributed by atoms with Crippen LogP contribution < -0.4 is 29.9 Å². The largest absolute Gasteiger partial charge is 2.00 e. The standard InChI is InChI=1S/C12H23NO4.2ClH.Zn/c1-9(2)6-12(16)17-10(7-11(14)15)8-13(3,4)5;;;/h9-10H,6-8H2,1-5H3;2*1H;/q;;;+2/p-2. The number of hydrogen-bond donors (Lipinski definition) is 0. The molecule has 0 aliphatic carbocycles. The number of quaternary nitrogens is 1. The fraction of sp³-hybridized carbons (Fsp3) is 0.833. The molecular weight excluding hydrogens is 358 g/mol. The van der Waals surface area contributed by atoms with Gasteiger partial charge in [0.1, 0.15) is 6.54 Å². The van der Waals surface area contributed by atoms with Crippen LogP contribution in [-0.2, 0) is 33.8 Å². The Bertz CT molecular complexity index is 283. The first-order valence-corrected chi connectivity index (χ1v) is 5.80. The molecule has 1 unspecified atom stereocenters. The monoisotopic (exact) mass is 379 g/mol. The molecule has 0 rings (SSSR count). The van der Waals surface area contributed by atoms with E-state index in [9.17, 15) is 14.7 Å². The van der Waals surface area contributed by atoms with Gasteiger partial charge in [0, 0.05) is 18.8 Å². The second-order valence-electron chi connectivity index (χ2n) is 5.76. The first-order chi connectivity index (χ1) is 7.60. The van der Waals surface area contributed by atoms with Crippen molar-refractivity contribution in [3.63, 3.8) is 0 Å². The Morgan fingerprint density at radius 2 is 1.55 bits per heavy atom. The number of nitrogens with zero attached hydrogens (tertiary/aromatic N) is 1. The van der Waals surface area contributed by atoms with Gasteiger partial charge in [-0.2, -0.15) is 0 Å². The minimum Gasteiger partial charge on any atom is -1.00 e. The number of rotatable bonds is 7. The Morgan fingerprint density at radius 3 is 1.85 bits per heavy atom. The van der Waals surface area contributed by atoms with Gasteiger partial charge in [-0.15, -0.1) is 0 Å². The molecule has 0 aromatic rings. The number of halogens is 2.